The molecule has 0 aromatic heterocycles. The second-order valence-corrected chi connectivity index (χ2v) is 4.85. The lowest BCUT2D eigenvalue weighted by molar-refractivity contribution is -0.120. The fourth-order valence-corrected chi connectivity index (χ4v) is 1.83. The van der Waals surface area contributed by atoms with Crippen LogP contribution in [-0.2, 0) is 14.9 Å². The van der Waals surface area contributed by atoms with E-state index in [9.17, 15) is 17.6 Å². The molecule has 0 bridgehead atoms. The van der Waals surface area contributed by atoms with E-state index >= 15 is 0 Å². The fraction of sp³-hybridized carbons (Fsp3) is 0.571. The number of hydrogen-bond acceptors (Lipinski definition) is 4. The van der Waals surface area contributed by atoms with Crippen molar-refractivity contribution in [3.63, 3.8) is 0 Å². The van der Waals surface area contributed by atoms with E-state index in [1.54, 1.807) is 0 Å². The number of carbonyl (C=O) groups excluding carboxylic acids is 1. The van der Waals surface area contributed by atoms with Gasteiger partial charge in [-0.05, 0) is 19.9 Å². The maximum atomic E-state index is 13.4. The second kappa shape index (κ2) is 3.41. The molecule has 82 valence electrons. The lowest BCUT2D eigenvalue weighted by atomic mass is 9.97. The van der Waals surface area contributed by atoms with Crippen LogP contribution in [0.2, 0.25) is 0 Å². The summed E-state index contributed by atoms with van der Waals surface area (Å²) >= 11 is 0. The predicted molar refractivity (Wildman–Crippen MR) is 48.9 cm³/mol. The maximum Gasteiger partial charge on any atom is 0.294 e. The number of alkyl halides is 1. The average molecular weight is 225 g/mol. The van der Waals surface area contributed by atoms with Gasteiger partial charge < -0.3 is 5.73 Å². The minimum atomic E-state index is -5.05. The molecule has 0 aliphatic rings. The summed E-state index contributed by atoms with van der Waals surface area (Å²) in [5.41, 5.74) is 2.45. The minimum absolute atomic E-state index is 0.551. The van der Waals surface area contributed by atoms with Gasteiger partial charge in [0.15, 0.2) is 5.78 Å². The highest BCUT2D eigenvalue weighted by atomic mass is 32.2. The van der Waals surface area contributed by atoms with Crippen molar-refractivity contribution in [1.29, 1.82) is 0 Å². The van der Waals surface area contributed by atoms with E-state index in [4.69, 9.17) is 10.3 Å². The van der Waals surface area contributed by atoms with Crippen LogP contribution < -0.4 is 5.73 Å². The molecule has 0 fully saturated rings. The van der Waals surface area contributed by atoms with Crippen molar-refractivity contribution in [2.24, 2.45) is 5.73 Å². The lowest BCUT2D eigenvalue weighted by Gasteiger charge is -2.32. The summed E-state index contributed by atoms with van der Waals surface area (Å²) in [6, 6.07) is 0. The Bertz CT molecular complexity index is 356. The van der Waals surface area contributed by atoms with Gasteiger partial charge in [0.1, 0.15) is 5.67 Å². The molecule has 1 unspecified atom stereocenters. The third kappa shape index (κ3) is 1.84. The van der Waals surface area contributed by atoms with Crippen molar-refractivity contribution in [3.05, 3.63) is 12.7 Å². The largest absolute Gasteiger partial charge is 0.301 e. The van der Waals surface area contributed by atoms with E-state index < -0.39 is 26.4 Å². The minimum Gasteiger partial charge on any atom is -0.301 e. The molecule has 0 aliphatic heterocycles. The molecule has 0 aromatic carbocycles. The number of nitrogens with two attached hydrogens (primary N) is 1. The zero-order valence-corrected chi connectivity index (χ0v) is 8.64. The number of halogens is 1. The standard InChI is InChI=1S/C7H12FNO4S/c1-4-5(10)7(9,6(2,3)8)14(11,12)13/h4H,1,9H2,2-3H3,(H,11,12,13). The molecular formula is C7H12FNO4S. The number of rotatable bonds is 4. The van der Waals surface area contributed by atoms with E-state index in [1.807, 2.05) is 0 Å². The van der Waals surface area contributed by atoms with Crippen LogP contribution in [0.1, 0.15) is 13.8 Å². The molecule has 0 amide bonds. The Morgan fingerprint density at radius 1 is 1.57 bits per heavy atom. The first-order valence-electron chi connectivity index (χ1n) is 3.60. The van der Waals surface area contributed by atoms with Crippen molar-refractivity contribution in [2.45, 2.75) is 24.4 Å². The molecule has 14 heavy (non-hydrogen) atoms. The molecule has 1 atom stereocenters. The van der Waals surface area contributed by atoms with E-state index in [0.29, 0.717) is 6.08 Å². The second-order valence-electron chi connectivity index (χ2n) is 3.25. The Balaban J connectivity index is 5.78. The fourth-order valence-electron chi connectivity index (χ4n) is 0.878. The quantitative estimate of drug-likeness (QED) is 0.519. The van der Waals surface area contributed by atoms with Crippen molar-refractivity contribution < 1.29 is 22.2 Å². The van der Waals surface area contributed by atoms with Crippen LogP contribution in [0.3, 0.4) is 0 Å². The zero-order valence-electron chi connectivity index (χ0n) is 7.82. The topological polar surface area (TPSA) is 97.5 Å². The van der Waals surface area contributed by atoms with Gasteiger partial charge in [-0.25, -0.2) is 4.39 Å². The average Bonchev–Trinajstić information content (AvgIpc) is 1.97. The van der Waals surface area contributed by atoms with Crippen molar-refractivity contribution in [1.82, 2.24) is 0 Å². The van der Waals surface area contributed by atoms with Crippen LogP contribution in [0.15, 0.2) is 12.7 Å². The molecule has 0 radical (unpaired) electrons. The molecule has 0 heterocycles. The molecule has 0 saturated heterocycles. The highest BCUT2D eigenvalue weighted by Crippen LogP contribution is 2.29. The number of hydrogen-bond donors (Lipinski definition) is 2. The van der Waals surface area contributed by atoms with Crippen LogP contribution >= 0.6 is 0 Å². The summed E-state index contributed by atoms with van der Waals surface area (Å²) in [7, 11) is -5.05. The van der Waals surface area contributed by atoms with Gasteiger partial charge in [0.05, 0.1) is 0 Å². The number of ketones is 1. The summed E-state index contributed by atoms with van der Waals surface area (Å²) in [5.74, 6) is -1.30. The first-order valence-corrected chi connectivity index (χ1v) is 5.04. The zero-order chi connectivity index (χ0) is 11.8. The van der Waals surface area contributed by atoms with Crippen molar-refractivity contribution in [2.75, 3.05) is 0 Å². The van der Waals surface area contributed by atoms with Gasteiger partial charge in [-0.15, -0.1) is 0 Å². The summed E-state index contributed by atoms with van der Waals surface area (Å²) < 4.78 is 43.8. The van der Waals surface area contributed by atoms with Crippen molar-refractivity contribution >= 4 is 15.9 Å². The highest BCUT2D eigenvalue weighted by Gasteiger charge is 2.57. The molecule has 0 saturated carbocycles. The Morgan fingerprint density at radius 2 is 1.93 bits per heavy atom. The molecule has 0 rings (SSSR count). The molecule has 0 aliphatic carbocycles. The van der Waals surface area contributed by atoms with Crippen LogP contribution in [0.5, 0.6) is 0 Å². The van der Waals surface area contributed by atoms with Crippen LogP contribution in [-0.4, -0.2) is 29.3 Å². The molecule has 0 spiro atoms. The third-order valence-corrected chi connectivity index (χ3v) is 3.34. The summed E-state index contributed by atoms with van der Waals surface area (Å²) in [6.07, 6.45) is 0.551. The van der Waals surface area contributed by atoms with E-state index in [1.165, 1.54) is 0 Å². The maximum absolute atomic E-state index is 13.4. The highest BCUT2D eigenvalue weighted by molar-refractivity contribution is 7.88. The monoisotopic (exact) mass is 225 g/mol. The summed E-state index contributed by atoms with van der Waals surface area (Å²) in [6.45, 7) is 4.54. The summed E-state index contributed by atoms with van der Waals surface area (Å²) in [5, 5.41) is 0. The van der Waals surface area contributed by atoms with Gasteiger partial charge in [-0.1, -0.05) is 6.58 Å². The van der Waals surface area contributed by atoms with E-state index in [-0.39, 0.29) is 0 Å². The first kappa shape index (κ1) is 13.2. The van der Waals surface area contributed by atoms with Gasteiger partial charge in [0, 0.05) is 0 Å². The van der Waals surface area contributed by atoms with Gasteiger partial charge in [-0.2, -0.15) is 8.42 Å². The van der Waals surface area contributed by atoms with Crippen LogP contribution in [0.25, 0.3) is 0 Å². The Labute approximate surface area is 81.5 Å². The van der Waals surface area contributed by atoms with Crippen LogP contribution in [0.4, 0.5) is 4.39 Å². The van der Waals surface area contributed by atoms with Gasteiger partial charge in [0.25, 0.3) is 10.1 Å². The van der Waals surface area contributed by atoms with Crippen LogP contribution in [0, 0.1) is 0 Å². The number of carbonyl (C=O) groups is 1. The molecular weight excluding hydrogens is 213 g/mol. The normalized spacial score (nSPS) is 17.2. The third-order valence-electron chi connectivity index (χ3n) is 1.84. The molecule has 0 aromatic rings. The Morgan fingerprint density at radius 3 is 2.00 bits per heavy atom. The SMILES string of the molecule is C=CC(=O)C(N)(C(C)(C)F)S(=O)(=O)O. The Hall–Kier alpha value is -0.790. The van der Waals surface area contributed by atoms with Gasteiger partial charge in [0.2, 0.25) is 4.87 Å². The van der Waals surface area contributed by atoms with Gasteiger partial charge in [-0.3, -0.25) is 9.35 Å². The van der Waals surface area contributed by atoms with E-state index in [0.717, 1.165) is 13.8 Å². The first-order chi connectivity index (χ1) is 5.98. The molecule has 3 N–H and O–H groups in total. The van der Waals surface area contributed by atoms with Gasteiger partial charge >= 0.3 is 0 Å². The Kier molecular flexibility index (Phi) is 3.22. The lowest BCUT2D eigenvalue weighted by Crippen LogP contribution is -2.65. The smallest absolute Gasteiger partial charge is 0.294 e. The molecule has 7 heteroatoms. The predicted octanol–water partition coefficient (Wildman–Crippen LogP) is 0.0324. The molecule has 5 nitrogen and oxygen atoms in total. The van der Waals surface area contributed by atoms with Crippen molar-refractivity contribution in [3.8, 4) is 0 Å². The summed E-state index contributed by atoms with van der Waals surface area (Å²) in [4.78, 5) is 8.09. The van der Waals surface area contributed by atoms with E-state index in [2.05, 4.69) is 6.58 Å².